The Morgan fingerprint density at radius 2 is 2.35 bits per heavy atom. The first-order valence-corrected chi connectivity index (χ1v) is 6.84. The first kappa shape index (κ1) is 14.3. The van der Waals surface area contributed by atoms with Crippen LogP contribution in [0.5, 0.6) is 0 Å². The highest BCUT2D eigenvalue weighted by Gasteiger charge is 2.11. The first-order valence-electron chi connectivity index (χ1n) is 6.84. The zero-order valence-electron chi connectivity index (χ0n) is 11.6. The molecule has 0 saturated carbocycles. The van der Waals surface area contributed by atoms with E-state index < -0.39 is 0 Å². The van der Waals surface area contributed by atoms with Crippen molar-refractivity contribution in [3.63, 3.8) is 0 Å². The molecule has 0 radical (unpaired) electrons. The lowest BCUT2D eigenvalue weighted by molar-refractivity contribution is -0.117. The van der Waals surface area contributed by atoms with E-state index in [1.807, 2.05) is 31.2 Å². The molecule has 0 atom stereocenters. The standard InChI is InChI=1S/C16H18N2O2/c1-2-6-18-16(19)15(10-17)9-12-3-4-14-11-20-7-5-13(14)8-12/h3-4,8-9H,2,5-7,11H2,1H3,(H,18,19)/b15-9-. The van der Waals surface area contributed by atoms with Crippen LogP contribution in [0.4, 0.5) is 0 Å². The van der Waals surface area contributed by atoms with Gasteiger partial charge in [0.25, 0.3) is 5.91 Å². The molecular formula is C16H18N2O2. The number of nitrogens with zero attached hydrogens (tertiary/aromatic N) is 1. The highest BCUT2D eigenvalue weighted by molar-refractivity contribution is 6.01. The Hall–Kier alpha value is -2.12. The summed E-state index contributed by atoms with van der Waals surface area (Å²) < 4.78 is 5.39. The van der Waals surface area contributed by atoms with Crippen LogP contribution >= 0.6 is 0 Å². The summed E-state index contributed by atoms with van der Waals surface area (Å²) in [7, 11) is 0. The van der Waals surface area contributed by atoms with E-state index in [1.54, 1.807) is 6.08 Å². The molecule has 4 nitrogen and oxygen atoms in total. The molecule has 2 rings (SSSR count). The summed E-state index contributed by atoms with van der Waals surface area (Å²) in [6.07, 6.45) is 3.37. The first-order chi connectivity index (χ1) is 9.74. The zero-order valence-corrected chi connectivity index (χ0v) is 11.6. The lowest BCUT2D eigenvalue weighted by Crippen LogP contribution is -2.25. The maximum absolute atomic E-state index is 11.8. The third-order valence-corrected chi connectivity index (χ3v) is 3.22. The molecule has 0 aromatic heterocycles. The van der Waals surface area contributed by atoms with E-state index in [9.17, 15) is 4.79 Å². The molecule has 0 bridgehead atoms. The van der Waals surface area contributed by atoms with E-state index in [4.69, 9.17) is 10.00 Å². The largest absolute Gasteiger partial charge is 0.376 e. The maximum Gasteiger partial charge on any atom is 0.261 e. The van der Waals surface area contributed by atoms with Gasteiger partial charge in [-0.05, 0) is 35.6 Å². The SMILES string of the molecule is CCCNC(=O)/C(C#N)=C\c1ccc2c(c1)CCOC2. The van der Waals surface area contributed by atoms with Crippen molar-refractivity contribution < 1.29 is 9.53 Å². The van der Waals surface area contributed by atoms with E-state index >= 15 is 0 Å². The summed E-state index contributed by atoms with van der Waals surface area (Å²) >= 11 is 0. The van der Waals surface area contributed by atoms with Crippen molar-refractivity contribution in [3.8, 4) is 6.07 Å². The van der Waals surface area contributed by atoms with Gasteiger partial charge < -0.3 is 10.1 Å². The minimum atomic E-state index is -0.310. The molecule has 1 amide bonds. The molecule has 1 aliphatic rings. The van der Waals surface area contributed by atoms with Crippen LogP contribution in [0.2, 0.25) is 0 Å². The number of hydrogen-bond acceptors (Lipinski definition) is 3. The molecule has 0 spiro atoms. The quantitative estimate of drug-likeness (QED) is 0.674. The minimum absolute atomic E-state index is 0.144. The van der Waals surface area contributed by atoms with Crippen LogP contribution in [0.25, 0.3) is 6.08 Å². The molecule has 0 aliphatic carbocycles. The van der Waals surface area contributed by atoms with Crippen LogP contribution in [-0.2, 0) is 22.6 Å². The van der Waals surface area contributed by atoms with E-state index in [0.717, 1.165) is 25.0 Å². The van der Waals surface area contributed by atoms with Gasteiger partial charge in [0, 0.05) is 6.54 Å². The van der Waals surface area contributed by atoms with E-state index in [0.29, 0.717) is 13.2 Å². The molecule has 0 unspecified atom stereocenters. The fourth-order valence-electron chi connectivity index (χ4n) is 2.12. The maximum atomic E-state index is 11.8. The molecule has 1 heterocycles. The lowest BCUT2D eigenvalue weighted by Gasteiger charge is -2.16. The second-order valence-corrected chi connectivity index (χ2v) is 4.76. The fraction of sp³-hybridized carbons (Fsp3) is 0.375. The Morgan fingerprint density at radius 1 is 1.50 bits per heavy atom. The van der Waals surface area contributed by atoms with E-state index in [1.165, 1.54) is 11.1 Å². The van der Waals surface area contributed by atoms with Crippen molar-refractivity contribution in [3.05, 3.63) is 40.5 Å². The van der Waals surface area contributed by atoms with Crippen LogP contribution in [0, 0.1) is 11.3 Å². The van der Waals surface area contributed by atoms with Crippen molar-refractivity contribution in [1.29, 1.82) is 5.26 Å². The van der Waals surface area contributed by atoms with Crippen LogP contribution in [-0.4, -0.2) is 19.1 Å². The second-order valence-electron chi connectivity index (χ2n) is 4.76. The van der Waals surface area contributed by atoms with Crippen LogP contribution in [0.3, 0.4) is 0 Å². The molecule has 0 saturated heterocycles. The van der Waals surface area contributed by atoms with Crippen LogP contribution in [0.1, 0.15) is 30.0 Å². The Balaban J connectivity index is 2.19. The fourth-order valence-corrected chi connectivity index (χ4v) is 2.12. The number of benzene rings is 1. The van der Waals surface area contributed by atoms with Crippen molar-refractivity contribution in [1.82, 2.24) is 5.32 Å². The van der Waals surface area contributed by atoms with Gasteiger partial charge in [-0.3, -0.25) is 4.79 Å². The molecule has 1 aliphatic heterocycles. The molecule has 1 N–H and O–H groups in total. The van der Waals surface area contributed by atoms with Gasteiger partial charge in [-0.1, -0.05) is 25.1 Å². The van der Waals surface area contributed by atoms with Crippen LogP contribution in [0.15, 0.2) is 23.8 Å². The topological polar surface area (TPSA) is 62.1 Å². The smallest absolute Gasteiger partial charge is 0.261 e. The highest BCUT2D eigenvalue weighted by Crippen LogP contribution is 2.19. The Morgan fingerprint density at radius 3 is 3.10 bits per heavy atom. The summed E-state index contributed by atoms with van der Waals surface area (Å²) in [5, 5.41) is 11.8. The average molecular weight is 270 g/mol. The number of nitrogens with one attached hydrogen (secondary N) is 1. The second kappa shape index (κ2) is 6.88. The molecule has 104 valence electrons. The summed E-state index contributed by atoms with van der Waals surface area (Å²) in [5.74, 6) is -0.310. The van der Waals surface area contributed by atoms with Gasteiger partial charge >= 0.3 is 0 Å². The van der Waals surface area contributed by atoms with Gasteiger partial charge in [-0.2, -0.15) is 5.26 Å². The zero-order chi connectivity index (χ0) is 14.4. The number of hydrogen-bond donors (Lipinski definition) is 1. The van der Waals surface area contributed by atoms with E-state index in [2.05, 4.69) is 5.32 Å². The van der Waals surface area contributed by atoms with Crippen LogP contribution < -0.4 is 5.32 Å². The number of carbonyl (C=O) groups is 1. The van der Waals surface area contributed by atoms with Gasteiger partial charge in [0.2, 0.25) is 0 Å². The summed E-state index contributed by atoms with van der Waals surface area (Å²) in [4.78, 5) is 11.8. The van der Waals surface area contributed by atoms with Gasteiger partial charge in [0.1, 0.15) is 11.6 Å². The predicted molar refractivity (Wildman–Crippen MR) is 76.7 cm³/mol. The number of amides is 1. The monoisotopic (exact) mass is 270 g/mol. The van der Waals surface area contributed by atoms with Crippen molar-refractivity contribution in [2.75, 3.05) is 13.2 Å². The highest BCUT2D eigenvalue weighted by atomic mass is 16.5. The van der Waals surface area contributed by atoms with E-state index in [-0.39, 0.29) is 11.5 Å². The third-order valence-electron chi connectivity index (χ3n) is 3.22. The summed E-state index contributed by atoms with van der Waals surface area (Å²) in [5.41, 5.74) is 3.44. The normalized spacial score (nSPS) is 14.3. The number of rotatable bonds is 4. The van der Waals surface area contributed by atoms with Crippen molar-refractivity contribution in [2.24, 2.45) is 0 Å². The lowest BCUT2D eigenvalue weighted by atomic mass is 9.99. The number of ether oxygens (including phenoxy) is 1. The Bertz CT molecular complexity index is 570. The Kier molecular flexibility index (Phi) is 4.91. The summed E-state index contributed by atoms with van der Waals surface area (Å²) in [6.45, 7) is 3.92. The summed E-state index contributed by atoms with van der Waals surface area (Å²) in [6, 6.07) is 7.91. The number of fused-ring (bicyclic) bond motifs is 1. The number of nitriles is 1. The molecular weight excluding hydrogens is 252 g/mol. The van der Waals surface area contributed by atoms with Gasteiger partial charge in [-0.25, -0.2) is 0 Å². The van der Waals surface area contributed by atoms with Crippen molar-refractivity contribution >= 4 is 12.0 Å². The average Bonchev–Trinajstić information content (AvgIpc) is 2.50. The minimum Gasteiger partial charge on any atom is -0.376 e. The molecule has 0 fully saturated rings. The van der Waals surface area contributed by atoms with Gasteiger partial charge in [0.15, 0.2) is 0 Å². The third kappa shape index (κ3) is 3.46. The molecule has 1 aromatic rings. The number of carbonyl (C=O) groups excluding carboxylic acids is 1. The Labute approximate surface area is 119 Å². The molecule has 20 heavy (non-hydrogen) atoms. The van der Waals surface area contributed by atoms with Gasteiger partial charge in [-0.15, -0.1) is 0 Å². The van der Waals surface area contributed by atoms with Crippen molar-refractivity contribution in [2.45, 2.75) is 26.4 Å². The predicted octanol–water partition coefficient (Wildman–Crippen LogP) is 2.19. The molecule has 4 heteroatoms. The molecule has 1 aromatic carbocycles. The van der Waals surface area contributed by atoms with Gasteiger partial charge in [0.05, 0.1) is 13.2 Å².